The molecule has 2 N–H and O–H groups in total. The highest BCUT2D eigenvalue weighted by Crippen LogP contribution is 2.51. The highest BCUT2D eigenvalue weighted by atomic mass is 79.9. The van der Waals surface area contributed by atoms with Gasteiger partial charge in [0.1, 0.15) is 0 Å². The number of benzene rings is 1. The Hall–Kier alpha value is -0.740. The molecular weight excluding hydrogens is 330 g/mol. The molecule has 0 atom stereocenters. The Kier molecular flexibility index (Phi) is 4.19. The van der Waals surface area contributed by atoms with Crippen molar-refractivity contribution >= 4 is 15.9 Å². The third-order valence-electron chi connectivity index (χ3n) is 4.99. The van der Waals surface area contributed by atoms with E-state index in [1.54, 1.807) is 0 Å². The lowest BCUT2D eigenvalue weighted by Gasteiger charge is -2.39. The van der Waals surface area contributed by atoms with Gasteiger partial charge in [-0.2, -0.15) is 0 Å². The summed E-state index contributed by atoms with van der Waals surface area (Å²) in [6.45, 7) is 5.49. The van der Waals surface area contributed by atoms with Crippen molar-refractivity contribution < 1.29 is 9.47 Å². The maximum Gasteiger partial charge on any atom is 0.231 e. The summed E-state index contributed by atoms with van der Waals surface area (Å²) < 4.78 is 12.3. The van der Waals surface area contributed by atoms with E-state index in [1.807, 2.05) is 0 Å². The van der Waals surface area contributed by atoms with Crippen LogP contribution in [0.3, 0.4) is 0 Å². The van der Waals surface area contributed by atoms with Crippen LogP contribution in [0.4, 0.5) is 0 Å². The summed E-state index contributed by atoms with van der Waals surface area (Å²) in [4.78, 5) is 0. The van der Waals surface area contributed by atoms with Gasteiger partial charge in [-0.3, -0.25) is 0 Å². The zero-order valence-electron chi connectivity index (χ0n) is 12.9. The van der Waals surface area contributed by atoms with Crippen molar-refractivity contribution in [2.24, 2.45) is 5.73 Å². The third kappa shape index (κ3) is 2.46. The summed E-state index contributed by atoms with van der Waals surface area (Å²) in [5, 5.41) is 0. The zero-order valence-corrected chi connectivity index (χ0v) is 14.5. The van der Waals surface area contributed by atoms with E-state index in [4.69, 9.17) is 15.2 Å². The first kappa shape index (κ1) is 15.2. The van der Waals surface area contributed by atoms with E-state index in [-0.39, 0.29) is 5.41 Å². The average Bonchev–Trinajstić information content (AvgIpc) is 2.96. The summed E-state index contributed by atoms with van der Waals surface area (Å²) in [6.07, 6.45) is 6.21. The Balaban J connectivity index is 2.18. The summed E-state index contributed by atoms with van der Waals surface area (Å²) in [5.41, 5.74) is 9.06. The largest absolute Gasteiger partial charge is 0.454 e. The minimum Gasteiger partial charge on any atom is -0.454 e. The highest BCUT2D eigenvalue weighted by molar-refractivity contribution is 9.10. The molecule has 1 aromatic rings. The van der Waals surface area contributed by atoms with Crippen LogP contribution in [0.25, 0.3) is 0 Å². The van der Waals surface area contributed by atoms with Gasteiger partial charge in [0.15, 0.2) is 11.5 Å². The van der Waals surface area contributed by atoms with Crippen molar-refractivity contribution in [3.05, 3.63) is 21.7 Å². The summed E-state index contributed by atoms with van der Waals surface area (Å²) in [5.74, 6) is 2.14. The first-order valence-electron chi connectivity index (χ1n) is 7.91. The Labute approximate surface area is 135 Å². The fourth-order valence-corrected chi connectivity index (χ4v) is 4.81. The molecule has 0 amide bonds. The molecule has 21 heavy (non-hydrogen) atoms. The lowest BCUT2D eigenvalue weighted by Crippen LogP contribution is -2.38. The molecule has 1 fully saturated rings. The van der Waals surface area contributed by atoms with E-state index >= 15 is 0 Å². The summed E-state index contributed by atoms with van der Waals surface area (Å²) >= 11 is 3.76. The predicted octanol–water partition coefficient (Wildman–Crippen LogP) is 4.46. The van der Waals surface area contributed by atoms with Gasteiger partial charge in [-0.25, -0.2) is 0 Å². The van der Waals surface area contributed by atoms with Crippen LogP contribution in [0, 0.1) is 0 Å². The van der Waals surface area contributed by atoms with Crippen LogP contribution in [-0.4, -0.2) is 13.3 Å². The van der Waals surface area contributed by atoms with Gasteiger partial charge >= 0.3 is 0 Å². The maximum absolute atomic E-state index is 6.25. The van der Waals surface area contributed by atoms with E-state index in [0.717, 1.165) is 16.0 Å². The average molecular weight is 354 g/mol. The van der Waals surface area contributed by atoms with E-state index in [9.17, 15) is 0 Å². The van der Waals surface area contributed by atoms with Crippen LogP contribution < -0.4 is 15.2 Å². The van der Waals surface area contributed by atoms with Crippen molar-refractivity contribution in [3.8, 4) is 11.5 Å². The lowest BCUT2D eigenvalue weighted by atomic mass is 9.67. The predicted molar refractivity (Wildman–Crippen MR) is 88.2 cm³/mol. The van der Waals surface area contributed by atoms with E-state index in [2.05, 4.69) is 35.8 Å². The number of fused-ring (bicyclic) bond motifs is 1. The molecule has 1 aromatic carbocycles. The van der Waals surface area contributed by atoms with Gasteiger partial charge in [-0.15, -0.1) is 0 Å². The molecule has 1 saturated carbocycles. The second-order valence-electron chi connectivity index (χ2n) is 6.59. The van der Waals surface area contributed by atoms with E-state index in [1.165, 1.54) is 43.2 Å². The number of halogens is 1. The minimum atomic E-state index is 0.0986. The second kappa shape index (κ2) is 5.81. The van der Waals surface area contributed by atoms with Crippen LogP contribution in [0.1, 0.15) is 63.0 Å². The van der Waals surface area contributed by atoms with Crippen LogP contribution >= 0.6 is 15.9 Å². The van der Waals surface area contributed by atoms with Crippen LogP contribution in [0.5, 0.6) is 11.5 Å². The number of nitrogens with two attached hydrogens (primary N) is 1. The molecule has 0 unspecified atom stereocenters. The number of hydrogen-bond donors (Lipinski definition) is 1. The molecule has 1 aliphatic carbocycles. The molecule has 0 bridgehead atoms. The first-order chi connectivity index (χ1) is 10.1. The number of hydrogen-bond acceptors (Lipinski definition) is 3. The normalized spacial score (nSPS) is 20.0. The molecule has 0 radical (unpaired) electrons. The third-order valence-corrected chi connectivity index (χ3v) is 5.78. The van der Waals surface area contributed by atoms with Crippen LogP contribution in [0.2, 0.25) is 0 Å². The molecule has 3 nitrogen and oxygen atoms in total. The Morgan fingerprint density at radius 2 is 1.95 bits per heavy atom. The van der Waals surface area contributed by atoms with E-state index < -0.39 is 0 Å². The first-order valence-corrected chi connectivity index (χ1v) is 8.71. The van der Waals surface area contributed by atoms with Crippen molar-refractivity contribution in [2.75, 3.05) is 13.3 Å². The molecular formula is C17H24BrNO2. The molecule has 3 rings (SSSR count). The standard InChI is InChI=1S/C17H24BrNO2/c1-11(2)14-12(17(9-19)6-4-3-5-7-17)8-13-16(15(14)18)21-10-20-13/h8,11H,3-7,9-10,19H2,1-2H3. The molecule has 2 aliphatic rings. The fourth-order valence-electron chi connectivity index (χ4n) is 3.83. The molecule has 4 heteroatoms. The molecule has 0 spiro atoms. The number of rotatable bonds is 3. The van der Waals surface area contributed by atoms with Crippen LogP contribution in [-0.2, 0) is 5.41 Å². The Bertz CT molecular complexity index is 536. The molecule has 116 valence electrons. The van der Waals surface area contributed by atoms with Gasteiger partial charge in [-0.1, -0.05) is 33.1 Å². The van der Waals surface area contributed by atoms with Gasteiger partial charge in [0.05, 0.1) is 4.47 Å². The smallest absolute Gasteiger partial charge is 0.231 e. The molecule has 0 aromatic heterocycles. The quantitative estimate of drug-likeness (QED) is 0.872. The summed E-state index contributed by atoms with van der Waals surface area (Å²) in [7, 11) is 0. The van der Waals surface area contributed by atoms with Crippen LogP contribution in [0.15, 0.2) is 10.5 Å². The topological polar surface area (TPSA) is 44.5 Å². The van der Waals surface area contributed by atoms with Gasteiger partial charge < -0.3 is 15.2 Å². The Morgan fingerprint density at radius 1 is 1.24 bits per heavy atom. The minimum absolute atomic E-state index is 0.0986. The highest BCUT2D eigenvalue weighted by Gasteiger charge is 2.37. The molecule has 1 heterocycles. The van der Waals surface area contributed by atoms with Crippen molar-refractivity contribution in [2.45, 2.75) is 57.3 Å². The SMILES string of the molecule is CC(C)c1c(C2(CN)CCCCC2)cc2c(c1Br)OCO2. The van der Waals surface area contributed by atoms with Crippen molar-refractivity contribution in [3.63, 3.8) is 0 Å². The van der Waals surface area contributed by atoms with Gasteiger partial charge in [-0.05, 0) is 51.9 Å². The number of ether oxygens (including phenoxy) is 2. The monoisotopic (exact) mass is 353 g/mol. The summed E-state index contributed by atoms with van der Waals surface area (Å²) in [6, 6.07) is 2.20. The van der Waals surface area contributed by atoms with Gasteiger partial charge in [0, 0.05) is 12.0 Å². The Morgan fingerprint density at radius 3 is 2.57 bits per heavy atom. The molecule has 1 aliphatic heterocycles. The lowest BCUT2D eigenvalue weighted by molar-refractivity contribution is 0.173. The van der Waals surface area contributed by atoms with Gasteiger partial charge in [0.25, 0.3) is 0 Å². The fraction of sp³-hybridized carbons (Fsp3) is 0.647. The van der Waals surface area contributed by atoms with E-state index in [0.29, 0.717) is 19.3 Å². The molecule has 0 saturated heterocycles. The zero-order chi connectivity index (χ0) is 15.0. The van der Waals surface area contributed by atoms with Crippen molar-refractivity contribution in [1.82, 2.24) is 0 Å². The van der Waals surface area contributed by atoms with Crippen molar-refractivity contribution in [1.29, 1.82) is 0 Å². The van der Waals surface area contributed by atoms with Gasteiger partial charge in [0.2, 0.25) is 6.79 Å². The maximum atomic E-state index is 6.25. The second-order valence-corrected chi connectivity index (χ2v) is 7.38.